The number of thiophene rings is 1. The molecule has 3 rings (SSSR count). The molecule has 0 bridgehead atoms. The van der Waals surface area contributed by atoms with Crippen molar-refractivity contribution in [2.75, 3.05) is 6.54 Å². The summed E-state index contributed by atoms with van der Waals surface area (Å²) in [7, 11) is 0. The smallest absolute Gasteiger partial charge is 0.261 e. The summed E-state index contributed by atoms with van der Waals surface area (Å²) in [6.45, 7) is 0.746. The van der Waals surface area contributed by atoms with Crippen molar-refractivity contribution in [2.24, 2.45) is 0 Å². The molecular formula is C17H19NOS. The number of hydrogen-bond acceptors (Lipinski definition) is 2. The number of amides is 1. The van der Waals surface area contributed by atoms with Gasteiger partial charge in [0.25, 0.3) is 5.91 Å². The summed E-state index contributed by atoms with van der Waals surface area (Å²) in [5.41, 5.74) is 2.72. The lowest BCUT2D eigenvalue weighted by Crippen LogP contribution is -2.23. The van der Waals surface area contributed by atoms with E-state index in [1.165, 1.54) is 22.4 Å². The van der Waals surface area contributed by atoms with Gasteiger partial charge in [-0.1, -0.05) is 30.3 Å². The highest BCUT2D eigenvalue weighted by Gasteiger charge is 2.17. The van der Waals surface area contributed by atoms with Crippen LogP contribution >= 0.6 is 11.3 Å². The number of nitrogens with one attached hydrogen (secondary N) is 1. The summed E-state index contributed by atoms with van der Waals surface area (Å²) >= 11 is 1.67. The molecule has 1 amide bonds. The third kappa shape index (κ3) is 3.10. The van der Waals surface area contributed by atoms with Gasteiger partial charge in [0.2, 0.25) is 0 Å². The molecule has 0 radical (unpaired) electrons. The fraction of sp³-hybridized carbons (Fsp3) is 0.353. The monoisotopic (exact) mass is 285 g/mol. The number of rotatable bonds is 5. The maximum atomic E-state index is 12.1. The molecule has 3 heteroatoms. The van der Waals surface area contributed by atoms with Gasteiger partial charge in [-0.2, -0.15) is 0 Å². The quantitative estimate of drug-likeness (QED) is 0.836. The molecule has 0 fully saturated rings. The standard InChI is InChI=1S/C17H19NOS/c19-17(16-12-14-9-4-10-15(14)20-16)18-11-5-8-13-6-2-1-3-7-13/h1-3,6-7,12H,4-5,8-11H2,(H,18,19). The van der Waals surface area contributed by atoms with Crippen LogP contribution in [0.15, 0.2) is 36.4 Å². The Hall–Kier alpha value is -1.61. The molecule has 0 atom stereocenters. The molecule has 0 saturated heterocycles. The first-order chi connectivity index (χ1) is 9.83. The van der Waals surface area contributed by atoms with Crippen LogP contribution in [-0.2, 0) is 19.3 Å². The first-order valence-corrected chi connectivity index (χ1v) is 8.08. The molecule has 0 saturated carbocycles. The number of carbonyl (C=O) groups is 1. The van der Waals surface area contributed by atoms with Gasteiger partial charge < -0.3 is 5.32 Å². The van der Waals surface area contributed by atoms with Gasteiger partial charge in [-0.15, -0.1) is 11.3 Å². The zero-order valence-electron chi connectivity index (χ0n) is 11.5. The fourth-order valence-corrected chi connectivity index (χ4v) is 3.84. The van der Waals surface area contributed by atoms with E-state index in [2.05, 4.69) is 35.6 Å². The lowest BCUT2D eigenvalue weighted by atomic mass is 10.1. The van der Waals surface area contributed by atoms with Gasteiger partial charge in [-0.05, 0) is 49.3 Å². The van der Waals surface area contributed by atoms with Gasteiger partial charge >= 0.3 is 0 Å². The Morgan fingerprint density at radius 1 is 1.20 bits per heavy atom. The van der Waals surface area contributed by atoms with Gasteiger partial charge in [0.15, 0.2) is 0 Å². The highest BCUT2D eigenvalue weighted by molar-refractivity contribution is 7.14. The second-order valence-electron chi connectivity index (χ2n) is 5.26. The van der Waals surface area contributed by atoms with E-state index in [4.69, 9.17) is 0 Å². The molecule has 1 aromatic carbocycles. The summed E-state index contributed by atoms with van der Waals surface area (Å²) in [5, 5.41) is 3.03. The van der Waals surface area contributed by atoms with Gasteiger partial charge in [0.1, 0.15) is 0 Å². The van der Waals surface area contributed by atoms with Crippen molar-refractivity contribution in [3.63, 3.8) is 0 Å². The number of carbonyl (C=O) groups excluding carboxylic acids is 1. The van der Waals surface area contributed by atoms with E-state index in [0.717, 1.165) is 37.1 Å². The van der Waals surface area contributed by atoms with Gasteiger partial charge in [-0.3, -0.25) is 4.79 Å². The van der Waals surface area contributed by atoms with Crippen LogP contribution in [0.2, 0.25) is 0 Å². The molecule has 20 heavy (non-hydrogen) atoms. The van der Waals surface area contributed by atoms with Crippen LogP contribution in [0, 0.1) is 0 Å². The van der Waals surface area contributed by atoms with Gasteiger partial charge in [0, 0.05) is 11.4 Å². The van der Waals surface area contributed by atoms with Crippen LogP contribution in [0.1, 0.15) is 38.5 Å². The highest BCUT2D eigenvalue weighted by Crippen LogP contribution is 2.30. The Labute approximate surface area is 123 Å². The fourth-order valence-electron chi connectivity index (χ4n) is 2.67. The minimum atomic E-state index is 0.0949. The van der Waals surface area contributed by atoms with E-state index in [9.17, 15) is 4.79 Å². The summed E-state index contributed by atoms with van der Waals surface area (Å²) in [6.07, 6.45) is 5.55. The zero-order valence-corrected chi connectivity index (χ0v) is 12.3. The average Bonchev–Trinajstić information content (AvgIpc) is 3.05. The number of aryl methyl sites for hydroxylation is 3. The van der Waals surface area contributed by atoms with E-state index in [-0.39, 0.29) is 5.91 Å². The second-order valence-corrected chi connectivity index (χ2v) is 6.39. The van der Waals surface area contributed by atoms with Crippen LogP contribution in [0.4, 0.5) is 0 Å². The molecule has 2 aromatic rings. The minimum Gasteiger partial charge on any atom is -0.351 e. The van der Waals surface area contributed by atoms with E-state index < -0.39 is 0 Å². The molecule has 2 nitrogen and oxygen atoms in total. The van der Waals surface area contributed by atoms with Crippen molar-refractivity contribution in [1.82, 2.24) is 5.32 Å². The van der Waals surface area contributed by atoms with Crippen LogP contribution in [-0.4, -0.2) is 12.5 Å². The molecule has 0 spiro atoms. The first kappa shape index (κ1) is 13.4. The van der Waals surface area contributed by atoms with Crippen molar-refractivity contribution < 1.29 is 4.79 Å². The largest absolute Gasteiger partial charge is 0.351 e. The Morgan fingerprint density at radius 2 is 2.05 bits per heavy atom. The summed E-state index contributed by atoms with van der Waals surface area (Å²) < 4.78 is 0. The van der Waals surface area contributed by atoms with Crippen LogP contribution < -0.4 is 5.32 Å². The number of fused-ring (bicyclic) bond motifs is 1. The molecule has 104 valence electrons. The van der Waals surface area contributed by atoms with E-state index >= 15 is 0 Å². The summed E-state index contributed by atoms with van der Waals surface area (Å²) in [4.78, 5) is 14.4. The van der Waals surface area contributed by atoms with E-state index in [1.54, 1.807) is 11.3 Å². The first-order valence-electron chi connectivity index (χ1n) is 7.26. The molecule has 1 aliphatic carbocycles. The molecule has 1 heterocycles. The molecule has 0 aliphatic heterocycles. The van der Waals surface area contributed by atoms with Crippen LogP contribution in [0.5, 0.6) is 0 Å². The third-order valence-corrected chi connectivity index (χ3v) is 4.98. The average molecular weight is 285 g/mol. The Balaban J connectivity index is 1.45. The predicted molar refractivity (Wildman–Crippen MR) is 83.4 cm³/mol. The van der Waals surface area contributed by atoms with Crippen molar-refractivity contribution in [1.29, 1.82) is 0 Å². The number of benzene rings is 1. The number of hydrogen-bond donors (Lipinski definition) is 1. The Morgan fingerprint density at radius 3 is 2.85 bits per heavy atom. The topological polar surface area (TPSA) is 29.1 Å². The molecule has 1 aliphatic rings. The summed E-state index contributed by atoms with van der Waals surface area (Å²) in [5.74, 6) is 0.0949. The highest BCUT2D eigenvalue weighted by atomic mass is 32.1. The van der Waals surface area contributed by atoms with E-state index in [1.807, 2.05) is 6.07 Å². The summed E-state index contributed by atoms with van der Waals surface area (Å²) in [6, 6.07) is 12.5. The van der Waals surface area contributed by atoms with Gasteiger partial charge in [0.05, 0.1) is 4.88 Å². The maximum Gasteiger partial charge on any atom is 0.261 e. The lowest BCUT2D eigenvalue weighted by molar-refractivity contribution is 0.0957. The Kier molecular flexibility index (Phi) is 4.16. The van der Waals surface area contributed by atoms with Crippen LogP contribution in [0.25, 0.3) is 0 Å². The second kappa shape index (κ2) is 6.23. The third-order valence-electron chi connectivity index (χ3n) is 3.74. The molecule has 1 aromatic heterocycles. The Bertz CT molecular complexity index is 567. The van der Waals surface area contributed by atoms with Crippen LogP contribution in [0.3, 0.4) is 0 Å². The minimum absolute atomic E-state index is 0.0949. The van der Waals surface area contributed by atoms with Crippen molar-refractivity contribution >= 4 is 17.2 Å². The zero-order chi connectivity index (χ0) is 13.8. The maximum absolute atomic E-state index is 12.1. The van der Waals surface area contributed by atoms with Gasteiger partial charge in [-0.25, -0.2) is 0 Å². The normalized spacial score (nSPS) is 13.2. The molecular weight excluding hydrogens is 266 g/mol. The van der Waals surface area contributed by atoms with Crippen molar-refractivity contribution in [3.05, 3.63) is 57.3 Å². The van der Waals surface area contributed by atoms with Crippen molar-refractivity contribution in [2.45, 2.75) is 32.1 Å². The lowest BCUT2D eigenvalue weighted by Gasteiger charge is -2.04. The van der Waals surface area contributed by atoms with E-state index in [0.29, 0.717) is 0 Å². The molecule has 1 N–H and O–H groups in total. The van der Waals surface area contributed by atoms with Crippen molar-refractivity contribution in [3.8, 4) is 0 Å². The predicted octanol–water partition coefficient (Wildman–Crippen LogP) is 3.60. The molecule has 0 unspecified atom stereocenters. The SMILES string of the molecule is O=C(NCCCc1ccccc1)c1cc2c(s1)CCC2.